The second kappa shape index (κ2) is 5.65. The normalized spacial score (nSPS) is 12.8. The first-order chi connectivity index (χ1) is 7.87. The highest BCUT2D eigenvalue weighted by molar-refractivity contribution is 5.23. The predicted octanol–water partition coefficient (Wildman–Crippen LogP) is 2.55. The fourth-order valence-electron chi connectivity index (χ4n) is 1.77. The molecule has 0 saturated carbocycles. The van der Waals surface area contributed by atoms with Crippen molar-refractivity contribution < 1.29 is 0 Å². The monoisotopic (exact) mass is 234 g/mol. The molecule has 0 fully saturated rings. The molecule has 1 rings (SSSR count). The van der Waals surface area contributed by atoms with Gasteiger partial charge in [-0.15, -0.1) is 0 Å². The lowest BCUT2D eigenvalue weighted by Gasteiger charge is -2.30. The zero-order chi connectivity index (χ0) is 12.9. The Morgan fingerprint density at radius 1 is 0.941 bits per heavy atom. The van der Waals surface area contributed by atoms with E-state index < -0.39 is 0 Å². The van der Waals surface area contributed by atoms with Gasteiger partial charge in [0.15, 0.2) is 0 Å². The van der Waals surface area contributed by atoms with Crippen molar-refractivity contribution >= 4 is 0 Å². The molecule has 1 aromatic carbocycles. The van der Waals surface area contributed by atoms with Crippen LogP contribution in [-0.4, -0.2) is 25.7 Å². The lowest BCUT2D eigenvalue weighted by atomic mass is 9.84. The molecule has 96 valence electrons. The molecule has 0 aromatic heterocycles. The van der Waals surface area contributed by atoms with Gasteiger partial charge < -0.3 is 10.6 Å². The number of nitrogens with one attached hydrogen (secondary N) is 2. The second-order valence-electron chi connectivity index (χ2n) is 5.99. The van der Waals surface area contributed by atoms with Gasteiger partial charge in [-0.05, 0) is 26.5 Å². The summed E-state index contributed by atoms with van der Waals surface area (Å²) < 4.78 is 0. The van der Waals surface area contributed by atoms with E-state index in [9.17, 15) is 0 Å². The number of hydrogen-bond acceptors (Lipinski definition) is 2. The first-order valence-electron chi connectivity index (χ1n) is 6.32. The van der Waals surface area contributed by atoms with Crippen LogP contribution in [-0.2, 0) is 5.41 Å². The fourth-order valence-corrected chi connectivity index (χ4v) is 1.77. The molecule has 0 heterocycles. The Labute approximate surface area is 106 Å². The molecule has 0 atom stereocenters. The standard InChI is InChI=1S/C15H26N2/c1-14(2,13-9-7-6-8-10-13)11-17-12-15(3,4)16-5/h6-10,16-17H,11-12H2,1-5H3. The predicted molar refractivity (Wildman–Crippen MR) is 75.5 cm³/mol. The lowest BCUT2D eigenvalue weighted by Crippen LogP contribution is -2.48. The Bertz CT molecular complexity index is 328. The van der Waals surface area contributed by atoms with E-state index in [0.29, 0.717) is 0 Å². The Morgan fingerprint density at radius 3 is 2.06 bits per heavy atom. The van der Waals surface area contributed by atoms with Gasteiger partial charge in [0.2, 0.25) is 0 Å². The maximum absolute atomic E-state index is 3.55. The van der Waals surface area contributed by atoms with E-state index in [2.05, 4.69) is 68.7 Å². The van der Waals surface area contributed by atoms with E-state index in [1.807, 2.05) is 7.05 Å². The highest BCUT2D eigenvalue weighted by Crippen LogP contribution is 2.21. The minimum atomic E-state index is 0.146. The van der Waals surface area contributed by atoms with E-state index in [-0.39, 0.29) is 11.0 Å². The Morgan fingerprint density at radius 2 is 1.53 bits per heavy atom. The van der Waals surface area contributed by atoms with Gasteiger partial charge in [-0.2, -0.15) is 0 Å². The van der Waals surface area contributed by atoms with E-state index >= 15 is 0 Å². The molecule has 2 N–H and O–H groups in total. The number of rotatable bonds is 6. The van der Waals surface area contributed by atoms with Crippen LogP contribution >= 0.6 is 0 Å². The summed E-state index contributed by atoms with van der Waals surface area (Å²) in [4.78, 5) is 0. The van der Waals surface area contributed by atoms with E-state index in [1.165, 1.54) is 5.56 Å². The minimum absolute atomic E-state index is 0.146. The van der Waals surface area contributed by atoms with Crippen LogP contribution in [0.1, 0.15) is 33.3 Å². The SMILES string of the molecule is CNC(C)(C)CNCC(C)(C)c1ccccc1. The van der Waals surface area contributed by atoms with Crippen LogP contribution in [0.3, 0.4) is 0 Å². The van der Waals surface area contributed by atoms with Gasteiger partial charge in [0.25, 0.3) is 0 Å². The first-order valence-corrected chi connectivity index (χ1v) is 6.32. The Kier molecular flexibility index (Phi) is 4.72. The van der Waals surface area contributed by atoms with Crippen LogP contribution in [0.25, 0.3) is 0 Å². The summed E-state index contributed by atoms with van der Waals surface area (Å²) in [5.74, 6) is 0. The molecule has 0 saturated heterocycles. The number of hydrogen-bond donors (Lipinski definition) is 2. The Hall–Kier alpha value is -0.860. The van der Waals surface area contributed by atoms with E-state index in [0.717, 1.165) is 13.1 Å². The zero-order valence-electron chi connectivity index (χ0n) is 11.8. The van der Waals surface area contributed by atoms with Crippen LogP contribution in [0, 0.1) is 0 Å². The third-order valence-electron chi connectivity index (χ3n) is 3.37. The average Bonchev–Trinajstić information content (AvgIpc) is 2.30. The largest absolute Gasteiger partial charge is 0.314 e. The molecular weight excluding hydrogens is 208 g/mol. The molecule has 0 aliphatic rings. The topological polar surface area (TPSA) is 24.1 Å². The summed E-state index contributed by atoms with van der Waals surface area (Å²) in [5, 5.41) is 6.86. The van der Waals surface area contributed by atoms with Crippen molar-refractivity contribution in [2.75, 3.05) is 20.1 Å². The smallest absolute Gasteiger partial charge is 0.0246 e. The highest BCUT2D eigenvalue weighted by Gasteiger charge is 2.21. The van der Waals surface area contributed by atoms with Crippen LogP contribution < -0.4 is 10.6 Å². The van der Waals surface area contributed by atoms with Crippen molar-refractivity contribution in [3.63, 3.8) is 0 Å². The minimum Gasteiger partial charge on any atom is -0.314 e. The highest BCUT2D eigenvalue weighted by atomic mass is 15.0. The summed E-state index contributed by atoms with van der Waals surface area (Å²) in [6.45, 7) is 10.9. The van der Waals surface area contributed by atoms with Gasteiger partial charge in [-0.25, -0.2) is 0 Å². The average molecular weight is 234 g/mol. The van der Waals surface area contributed by atoms with Gasteiger partial charge in [0.1, 0.15) is 0 Å². The van der Waals surface area contributed by atoms with Gasteiger partial charge in [-0.1, -0.05) is 44.2 Å². The van der Waals surface area contributed by atoms with Crippen molar-refractivity contribution in [1.82, 2.24) is 10.6 Å². The van der Waals surface area contributed by atoms with Crippen molar-refractivity contribution in [2.24, 2.45) is 0 Å². The lowest BCUT2D eigenvalue weighted by molar-refractivity contribution is 0.367. The third kappa shape index (κ3) is 4.49. The summed E-state index contributed by atoms with van der Waals surface area (Å²) in [6.07, 6.45) is 0. The van der Waals surface area contributed by atoms with E-state index in [1.54, 1.807) is 0 Å². The molecule has 0 amide bonds. The first kappa shape index (κ1) is 14.2. The summed E-state index contributed by atoms with van der Waals surface area (Å²) in [7, 11) is 2.00. The third-order valence-corrected chi connectivity index (χ3v) is 3.37. The Balaban J connectivity index is 2.51. The van der Waals surface area contributed by atoms with E-state index in [4.69, 9.17) is 0 Å². The maximum Gasteiger partial charge on any atom is 0.0246 e. The molecular formula is C15H26N2. The molecule has 0 aliphatic carbocycles. The molecule has 1 aromatic rings. The molecule has 0 bridgehead atoms. The molecule has 0 spiro atoms. The zero-order valence-corrected chi connectivity index (χ0v) is 11.8. The van der Waals surface area contributed by atoms with Crippen LogP contribution in [0.2, 0.25) is 0 Å². The number of benzene rings is 1. The molecule has 2 nitrogen and oxygen atoms in total. The molecule has 0 radical (unpaired) electrons. The molecule has 0 aliphatic heterocycles. The summed E-state index contributed by atoms with van der Waals surface area (Å²) in [6, 6.07) is 10.7. The van der Waals surface area contributed by atoms with Crippen molar-refractivity contribution in [1.29, 1.82) is 0 Å². The molecule has 2 heteroatoms. The van der Waals surface area contributed by atoms with Crippen molar-refractivity contribution in [3.8, 4) is 0 Å². The maximum atomic E-state index is 3.55. The van der Waals surface area contributed by atoms with Gasteiger partial charge >= 0.3 is 0 Å². The number of likely N-dealkylation sites (N-methyl/N-ethyl adjacent to an activating group) is 1. The quantitative estimate of drug-likeness (QED) is 0.790. The fraction of sp³-hybridized carbons (Fsp3) is 0.600. The summed E-state index contributed by atoms with van der Waals surface area (Å²) in [5.41, 5.74) is 1.70. The van der Waals surface area contributed by atoms with Gasteiger partial charge in [-0.3, -0.25) is 0 Å². The second-order valence-corrected chi connectivity index (χ2v) is 5.99. The summed E-state index contributed by atoms with van der Waals surface area (Å²) >= 11 is 0. The molecule has 17 heavy (non-hydrogen) atoms. The molecule has 0 unspecified atom stereocenters. The van der Waals surface area contributed by atoms with Crippen LogP contribution in [0.5, 0.6) is 0 Å². The van der Waals surface area contributed by atoms with Gasteiger partial charge in [0, 0.05) is 24.0 Å². The van der Waals surface area contributed by atoms with Crippen LogP contribution in [0.15, 0.2) is 30.3 Å². The van der Waals surface area contributed by atoms with Gasteiger partial charge in [0.05, 0.1) is 0 Å². The van der Waals surface area contributed by atoms with Crippen LogP contribution in [0.4, 0.5) is 0 Å². The van der Waals surface area contributed by atoms with Crippen molar-refractivity contribution in [2.45, 2.75) is 38.6 Å². The van der Waals surface area contributed by atoms with Crippen molar-refractivity contribution in [3.05, 3.63) is 35.9 Å².